The maximum absolute atomic E-state index is 12.8. The van der Waals surface area contributed by atoms with Crippen molar-refractivity contribution in [1.82, 2.24) is 0 Å². The van der Waals surface area contributed by atoms with E-state index in [0.717, 1.165) is 23.4 Å². The Morgan fingerprint density at radius 3 is 1.75 bits per heavy atom. The Hall–Kier alpha value is -2.49. The Labute approximate surface area is 140 Å². The van der Waals surface area contributed by atoms with Gasteiger partial charge in [-0.3, -0.25) is 0 Å². The second kappa shape index (κ2) is 7.39. The van der Waals surface area contributed by atoms with Crippen molar-refractivity contribution in [3.63, 3.8) is 0 Å². The molecule has 0 radical (unpaired) electrons. The lowest BCUT2D eigenvalue weighted by molar-refractivity contribution is -0.137. The average molecular weight is 331 g/mol. The minimum Gasteiger partial charge on any atom is -0.375 e. The van der Waals surface area contributed by atoms with Crippen LogP contribution in [0.3, 0.4) is 0 Å². The first-order valence-electron chi connectivity index (χ1n) is 7.64. The zero-order chi connectivity index (χ0) is 17.6. The molecule has 0 amide bonds. The van der Waals surface area contributed by atoms with Crippen LogP contribution < -0.4 is 5.32 Å². The number of anilines is 1. The van der Waals surface area contributed by atoms with Crippen LogP contribution in [0.5, 0.6) is 0 Å². The van der Waals surface area contributed by atoms with Gasteiger partial charge in [-0.1, -0.05) is 42.5 Å². The molecule has 2 aromatic carbocycles. The largest absolute Gasteiger partial charge is 0.416 e. The molecule has 0 heterocycles. The van der Waals surface area contributed by atoms with E-state index in [1.807, 2.05) is 30.3 Å². The molecule has 1 nitrogen and oxygen atoms in total. The topological polar surface area (TPSA) is 12.0 Å². The van der Waals surface area contributed by atoms with Crippen molar-refractivity contribution >= 4 is 5.69 Å². The molecule has 0 fully saturated rings. The first-order chi connectivity index (χ1) is 11.4. The van der Waals surface area contributed by atoms with Crippen molar-refractivity contribution in [2.24, 2.45) is 0 Å². The smallest absolute Gasteiger partial charge is 0.375 e. The van der Waals surface area contributed by atoms with Crippen molar-refractivity contribution in [2.45, 2.75) is 24.6 Å². The lowest BCUT2D eigenvalue weighted by atomic mass is 9.82. The van der Waals surface area contributed by atoms with Crippen molar-refractivity contribution < 1.29 is 13.2 Å². The van der Waals surface area contributed by atoms with Gasteiger partial charge in [0.15, 0.2) is 0 Å². The molecule has 0 saturated heterocycles. The third-order valence-electron chi connectivity index (χ3n) is 3.91. The Balaban J connectivity index is 2.44. The lowest BCUT2D eigenvalue weighted by Crippen LogP contribution is -2.34. The summed E-state index contributed by atoms with van der Waals surface area (Å²) in [6.07, 6.45) is 0.289. The van der Waals surface area contributed by atoms with Gasteiger partial charge in [0.1, 0.15) is 0 Å². The fraction of sp³-hybridized carbons (Fsp3) is 0.200. The number of benzene rings is 2. The predicted octanol–water partition coefficient (Wildman–Crippen LogP) is 6.17. The quantitative estimate of drug-likeness (QED) is 0.599. The summed E-state index contributed by atoms with van der Waals surface area (Å²) in [5.74, 6) is 0. The highest BCUT2D eigenvalue weighted by Gasteiger charge is 2.33. The van der Waals surface area contributed by atoms with Crippen molar-refractivity contribution in [3.05, 3.63) is 91.0 Å². The Morgan fingerprint density at radius 2 is 1.29 bits per heavy atom. The summed E-state index contributed by atoms with van der Waals surface area (Å²) in [6.45, 7) is 7.59. The van der Waals surface area contributed by atoms with Crippen LogP contribution in [0.1, 0.15) is 24.0 Å². The van der Waals surface area contributed by atoms with Gasteiger partial charge in [0.25, 0.3) is 0 Å². The molecule has 0 aromatic heterocycles. The van der Waals surface area contributed by atoms with Crippen LogP contribution in [0.25, 0.3) is 0 Å². The van der Waals surface area contributed by atoms with E-state index in [-0.39, 0.29) is 0 Å². The van der Waals surface area contributed by atoms with E-state index in [4.69, 9.17) is 0 Å². The van der Waals surface area contributed by atoms with Gasteiger partial charge >= 0.3 is 6.18 Å². The highest BCUT2D eigenvalue weighted by atomic mass is 19.4. The molecule has 24 heavy (non-hydrogen) atoms. The van der Waals surface area contributed by atoms with Gasteiger partial charge in [0.05, 0.1) is 11.1 Å². The number of halogens is 3. The van der Waals surface area contributed by atoms with E-state index < -0.39 is 17.3 Å². The SMILES string of the molecule is C=CCC(CC=C)(Nc1ccccc1)c1ccc(C(F)(F)F)cc1. The van der Waals surface area contributed by atoms with Gasteiger partial charge in [0.2, 0.25) is 0 Å². The fourth-order valence-corrected chi connectivity index (χ4v) is 2.76. The second-order valence-electron chi connectivity index (χ2n) is 5.63. The monoisotopic (exact) mass is 331 g/mol. The predicted molar refractivity (Wildman–Crippen MR) is 92.8 cm³/mol. The standard InChI is InChI=1S/C20H20F3N/c1-3-14-19(15-4-2,24-18-8-6-5-7-9-18)16-10-12-17(13-11-16)20(21,22)23/h3-13,24H,1-2,14-15H2. The van der Waals surface area contributed by atoms with Crippen molar-refractivity contribution in [3.8, 4) is 0 Å². The summed E-state index contributed by atoms with van der Waals surface area (Å²) in [5.41, 5.74) is 0.409. The average Bonchev–Trinajstić information content (AvgIpc) is 2.55. The third kappa shape index (κ3) is 4.07. The van der Waals surface area contributed by atoms with Crippen LogP contribution in [-0.4, -0.2) is 0 Å². The first kappa shape index (κ1) is 17.9. The molecule has 0 aliphatic rings. The molecule has 0 unspecified atom stereocenters. The molecule has 0 bridgehead atoms. The summed E-state index contributed by atoms with van der Waals surface area (Å²) in [7, 11) is 0. The molecule has 0 atom stereocenters. The number of alkyl halides is 3. The number of rotatable bonds is 7. The highest BCUT2D eigenvalue weighted by molar-refractivity contribution is 5.49. The zero-order valence-electron chi connectivity index (χ0n) is 13.3. The van der Waals surface area contributed by atoms with Crippen LogP contribution in [0.15, 0.2) is 79.9 Å². The Bertz CT molecular complexity index is 662. The van der Waals surface area contributed by atoms with Crippen LogP contribution in [-0.2, 0) is 11.7 Å². The molecule has 0 aliphatic carbocycles. The van der Waals surface area contributed by atoms with Gasteiger partial charge < -0.3 is 5.32 Å². The molecule has 2 aromatic rings. The minimum atomic E-state index is -4.34. The third-order valence-corrected chi connectivity index (χ3v) is 3.91. The van der Waals surface area contributed by atoms with E-state index in [2.05, 4.69) is 18.5 Å². The summed E-state index contributed by atoms with van der Waals surface area (Å²) < 4.78 is 38.4. The van der Waals surface area contributed by atoms with Gasteiger partial charge in [-0.05, 0) is 42.7 Å². The molecule has 1 N–H and O–H groups in total. The number of hydrogen-bond donors (Lipinski definition) is 1. The summed E-state index contributed by atoms with van der Waals surface area (Å²) in [6, 6.07) is 14.8. The summed E-state index contributed by atoms with van der Waals surface area (Å²) >= 11 is 0. The molecular formula is C20H20F3N. The Morgan fingerprint density at radius 1 is 0.792 bits per heavy atom. The van der Waals surface area contributed by atoms with Crippen LogP contribution in [0, 0.1) is 0 Å². The van der Waals surface area contributed by atoms with Gasteiger partial charge in [-0.25, -0.2) is 0 Å². The van der Waals surface area contributed by atoms with Gasteiger partial charge in [0, 0.05) is 5.69 Å². The van der Waals surface area contributed by atoms with Crippen molar-refractivity contribution in [1.29, 1.82) is 0 Å². The maximum Gasteiger partial charge on any atom is 0.416 e. The number of para-hydroxylation sites is 1. The van der Waals surface area contributed by atoms with Gasteiger partial charge in [-0.2, -0.15) is 13.2 Å². The van der Waals surface area contributed by atoms with E-state index in [9.17, 15) is 13.2 Å². The number of hydrogen-bond acceptors (Lipinski definition) is 1. The molecule has 4 heteroatoms. The van der Waals surface area contributed by atoms with Crippen molar-refractivity contribution in [2.75, 3.05) is 5.32 Å². The fourth-order valence-electron chi connectivity index (χ4n) is 2.76. The van der Waals surface area contributed by atoms with Crippen LogP contribution >= 0.6 is 0 Å². The molecule has 2 rings (SSSR count). The highest BCUT2D eigenvalue weighted by Crippen LogP contribution is 2.36. The zero-order valence-corrected chi connectivity index (χ0v) is 13.3. The molecule has 0 saturated carbocycles. The molecule has 0 aliphatic heterocycles. The summed E-state index contributed by atoms with van der Waals surface area (Å²) in [4.78, 5) is 0. The van der Waals surface area contributed by atoms with Crippen LogP contribution in [0.4, 0.5) is 18.9 Å². The first-order valence-corrected chi connectivity index (χ1v) is 7.64. The van der Waals surface area contributed by atoms with E-state index in [1.165, 1.54) is 12.1 Å². The lowest BCUT2D eigenvalue weighted by Gasteiger charge is -2.35. The molecule has 0 spiro atoms. The van der Waals surface area contributed by atoms with E-state index in [1.54, 1.807) is 12.2 Å². The van der Waals surface area contributed by atoms with Crippen LogP contribution in [0.2, 0.25) is 0 Å². The Kier molecular flexibility index (Phi) is 5.50. The normalized spacial score (nSPS) is 11.8. The van der Waals surface area contributed by atoms with E-state index in [0.29, 0.717) is 12.8 Å². The molecule has 126 valence electrons. The van der Waals surface area contributed by atoms with Gasteiger partial charge in [-0.15, -0.1) is 13.2 Å². The minimum absolute atomic E-state index is 0.555. The van der Waals surface area contributed by atoms with E-state index >= 15 is 0 Å². The molecular weight excluding hydrogens is 311 g/mol. The number of nitrogens with one attached hydrogen (secondary N) is 1. The summed E-state index contributed by atoms with van der Waals surface area (Å²) in [5, 5.41) is 3.45. The second-order valence-corrected chi connectivity index (χ2v) is 5.63. The maximum atomic E-state index is 12.8.